The molecule has 24 heteroatoms. The Labute approximate surface area is 581 Å². The van der Waals surface area contributed by atoms with Crippen LogP contribution < -0.4 is 0 Å². The SMILES string of the molecule is Clc1cccc(C2=C(c3cccc(Cl)c3Cl)/C3=N/C4=NC(=N\C5=NC(=N\C6=NC(=N\C2=N3)/C(c2cccc(Cl)c2Cl)=C6c2cccc(Cl)c2Cl)/C(c2cccc(Cl)c2Cl)=C5c2cccc(Cl)c2Cl)/C(c2cccc(Cl)c2Cl)=C4c2cccc(Cl)c2Cl)c1Cl. The molecule has 0 radical (unpaired) electrons. The van der Waals surface area contributed by atoms with Gasteiger partial charge in [-0.2, -0.15) is 0 Å². The van der Waals surface area contributed by atoms with E-state index in [2.05, 4.69) is 0 Å². The molecule has 432 valence electrons. The largest absolute Gasteiger partial charge is 0.208 e. The minimum atomic E-state index is -0.0387. The molecule has 0 aliphatic carbocycles. The zero-order chi connectivity index (χ0) is 61.7. The van der Waals surface area contributed by atoms with Crippen LogP contribution in [0.1, 0.15) is 44.5 Å². The maximum atomic E-state index is 7.32. The van der Waals surface area contributed by atoms with Crippen LogP contribution in [0.2, 0.25) is 80.4 Å². The van der Waals surface area contributed by atoms with E-state index in [1.54, 1.807) is 146 Å². The maximum Gasteiger partial charge on any atom is 0.165 e. The van der Waals surface area contributed by atoms with Crippen molar-refractivity contribution in [1.29, 1.82) is 0 Å². The van der Waals surface area contributed by atoms with Crippen LogP contribution in [0.25, 0.3) is 44.6 Å². The molecule has 8 aromatic carbocycles. The highest BCUT2D eigenvalue weighted by molar-refractivity contribution is 6.64. The smallest absolute Gasteiger partial charge is 0.165 e. The molecule has 0 amide bonds. The minimum Gasteiger partial charge on any atom is -0.208 e. The van der Waals surface area contributed by atoms with Crippen LogP contribution in [0.4, 0.5) is 0 Å². The highest BCUT2D eigenvalue weighted by Crippen LogP contribution is 2.51. The fourth-order valence-corrected chi connectivity index (χ4v) is 13.6. The normalized spacial score (nSPS) is 18.0. The van der Waals surface area contributed by atoms with Gasteiger partial charge in [-0.25, -0.2) is 39.9 Å². The summed E-state index contributed by atoms with van der Waals surface area (Å²) >= 11 is 114. The van der Waals surface area contributed by atoms with Gasteiger partial charge in [-0.05, 0) is 48.5 Å². The van der Waals surface area contributed by atoms with Crippen molar-refractivity contribution in [2.45, 2.75) is 0 Å². The molecule has 5 heterocycles. The number of fused-ring (bicyclic) bond motifs is 4. The van der Waals surface area contributed by atoms with Crippen molar-refractivity contribution < 1.29 is 0 Å². The minimum absolute atomic E-state index is 0.0387. The highest BCUT2D eigenvalue weighted by atomic mass is 35.5. The molecular weight excluding hydrogens is 1450 g/mol. The summed E-state index contributed by atoms with van der Waals surface area (Å²) in [6.07, 6.45) is 0. The molecule has 5 aliphatic rings. The molecule has 0 fully saturated rings. The summed E-state index contributed by atoms with van der Waals surface area (Å²) in [6, 6.07) is 40.7. The summed E-state index contributed by atoms with van der Waals surface area (Å²) in [6.45, 7) is 0. The van der Waals surface area contributed by atoms with Crippen LogP contribution in [0.15, 0.2) is 186 Å². The molecule has 8 bridgehead atoms. The quantitative estimate of drug-likeness (QED) is 0.145. The average molecular weight is 1470 g/mol. The lowest BCUT2D eigenvalue weighted by molar-refractivity contribution is 1.49. The Morgan fingerprint density at radius 1 is 0.148 bits per heavy atom. The van der Waals surface area contributed by atoms with Gasteiger partial charge < -0.3 is 0 Å². The third-order valence-corrected chi connectivity index (χ3v) is 20.8. The fourth-order valence-electron chi connectivity index (χ4n) is 10.4. The van der Waals surface area contributed by atoms with E-state index in [-0.39, 0.29) is 172 Å². The lowest BCUT2D eigenvalue weighted by Crippen LogP contribution is -2.06. The van der Waals surface area contributed by atoms with Crippen molar-refractivity contribution in [3.05, 3.63) is 270 Å². The van der Waals surface area contributed by atoms with E-state index in [0.717, 1.165) is 0 Å². The first-order valence-corrected chi connectivity index (χ1v) is 31.6. The van der Waals surface area contributed by atoms with Crippen LogP contribution in [0.5, 0.6) is 0 Å². The Morgan fingerprint density at radius 2 is 0.250 bits per heavy atom. The molecule has 0 saturated carbocycles. The Bertz CT molecular complexity index is 4300. The summed E-state index contributed by atoms with van der Waals surface area (Å²) in [5, 5.41) is 2.34. The van der Waals surface area contributed by atoms with Gasteiger partial charge >= 0.3 is 0 Å². The van der Waals surface area contributed by atoms with Gasteiger partial charge in [0.1, 0.15) is 0 Å². The van der Waals surface area contributed by atoms with Crippen LogP contribution in [-0.4, -0.2) is 46.7 Å². The maximum absolute atomic E-state index is 7.32. The van der Waals surface area contributed by atoms with E-state index in [1.165, 1.54) is 0 Å². The van der Waals surface area contributed by atoms with Gasteiger partial charge in [0, 0.05) is 89.1 Å². The fraction of sp³-hybridized carbons (Fsp3) is 0. The summed E-state index contributed by atoms with van der Waals surface area (Å²) in [5.74, 6) is -0.310. The third-order valence-electron chi connectivity index (χ3n) is 14.3. The van der Waals surface area contributed by atoms with E-state index in [1.807, 2.05) is 0 Å². The third kappa shape index (κ3) is 10.7. The molecule has 0 aromatic heterocycles. The van der Waals surface area contributed by atoms with Gasteiger partial charge in [0.25, 0.3) is 0 Å². The number of hydrogen-bond donors (Lipinski definition) is 0. The number of halogens is 16. The molecule has 0 saturated heterocycles. The standard InChI is InChI=1S/C64H24Cl16N8/c65-33-17-1-9-25(49(33)73)41-42(26-10-2-18-34(66)50(26)74)58-81-57(41)85-59-43(27-11-3-19-35(67)51(27)75)44(28-12-4-20-36(68)52(28)76)61(82-59)87-63-47(31-15-7-23-39(71)55(31)79)48(32-16-8-24-40(72)56(32)80)64(84-63)88-62-46(30-14-6-22-38(70)54(30)78)45(60(83-62)86-58)29-13-5-21-37(69)53(29)77/h1-24H/b85-57-,85-59?,86-58?,86-60-,87-61-,87-63?,88-62?,88-64-. The van der Waals surface area contributed by atoms with Crippen LogP contribution >= 0.6 is 186 Å². The zero-order valence-corrected chi connectivity index (χ0v) is 55.6. The van der Waals surface area contributed by atoms with E-state index in [4.69, 9.17) is 226 Å². The molecular formula is C64H24Cl16N8. The summed E-state index contributed by atoms with van der Waals surface area (Å²) in [7, 11) is 0. The molecule has 8 nitrogen and oxygen atoms in total. The zero-order valence-electron chi connectivity index (χ0n) is 43.5. The Kier molecular flexibility index (Phi) is 17.3. The lowest BCUT2D eigenvalue weighted by Gasteiger charge is -2.15. The van der Waals surface area contributed by atoms with E-state index in [9.17, 15) is 0 Å². The number of hydrogen-bond acceptors (Lipinski definition) is 8. The number of benzene rings is 8. The summed E-state index contributed by atoms with van der Waals surface area (Å²) < 4.78 is 0. The van der Waals surface area contributed by atoms with Crippen molar-refractivity contribution in [2.75, 3.05) is 0 Å². The second-order valence-electron chi connectivity index (χ2n) is 19.3. The van der Waals surface area contributed by atoms with Gasteiger partial charge in [-0.1, -0.05) is 283 Å². The molecule has 88 heavy (non-hydrogen) atoms. The van der Waals surface area contributed by atoms with Gasteiger partial charge in [0.05, 0.1) is 80.4 Å². The second kappa shape index (κ2) is 24.7. The molecule has 0 N–H and O–H groups in total. The first kappa shape index (κ1) is 61.6. The van der Waals surface area contributed by atoms with Gasteiger partial charge in [-0.15, -0.1) is 0 Å². The number of aliphatic imine (C=N–C) groups is 8. The Hall–Kier alpha value is -5.28. The first-order valence-electron chi connectivity index (χ1n) is 25.6. The molecule has 0 atom stereocenters. The monoisotopic (exact) mass is 1460 g/mol. The predicted octanol–water partition coefficient (Wildman–Crippen LogP) is 24.1. The number of nitrogens with zero attached hydrogens (tertiary/aromatic N) is 8. The Morgan fingerprint density at radius 3 is 0.352 bits per heavy atom. The summed E-state index contributed by atoms with van der Waals surface area (Å²) in [5.41, 5.74) is 4.73. The van der Waals surface area contributed by atoms with Crippen molar-refractivity contribution in [2.24, 2.45) is 39.9 Å². The van der Waals surface area contributed by atoms with Crippen LogP contribution in [-0.2, 0) is 0 Å². The van der Waals surface area contributed by atoms with E-state index in [0.29, 0.717) is 44.5 Å². The Balaban J connectivity index is 1.28. The first-order chi connectivity index (χ1) is 42.3. The van der Waals surface area contributed by atoms with Gasteiger partial charge in [0.2, 0.25) is 0 Å². The van der Waals surface area contributed by atoms with Crippen molar-refractivity contribution in [1.82, 2.24) is 0 Å². The number of amidine groups is 8. The number of rotatable bonds is 8. The molecule has 5 aliphatic heterocycles. The van der Waals surface area contributed by atoms with Crippen molar-refractivity contribution in [3.8, 4) is 0 Å². The van der Waals surface area contributed by atoms with Gasteiger partial charge in [-0.3, -0.25) is 0 Å². The van der Waals surface area contributed by atoms with Crippen molar-refractivity contribution in [3.63, 3.8) is 0 Å². The molecule has 0 spiro atoms. The topological polar surface area (TPSA) is 98.9 Å². The molecule has 0 unspecified atom stereocenters. The van der Waals surface area contributed by atoms with E-state index >= 15 is 0 Å². The van der Waals surface area contributed by atoms with E-state index < -0.39 is 0 Å². The highest BCUT2D eigenvalue weighted by Gasteiger charge is 2.41. The van der Waals surface area contributed by atoms with Gasteiger partial charge in [0.15, 0.2) is 46.7 Å². The van der Waals surface area contributed by atoms with Crippen LogP contribution in [0, 0.1) is 0 Å². The lowest BCUT2D eigenvalue weighted by atomic mass is 9.93. The van der Waals surface area contributed by atoms with Crippen molar-refractivity contribution >= 4 is 277 Å². The second-order valence-corrected chi connectivity index (χ2v) is 25.6. The predicted molar refractivity (Wildman–Crippen MR) is 378 cm³/mol. The molecule has 8 aromatic rings. The molecule has 13 rings (SSSR count). The summed E-state index contributed by atoms with van der Waals surface area (Å²) in [4.78, 5) is 43.0. The average Bonchev–Trinajstić information content (AvgIpc) is 2.02. The van der Waals surface area contributed by atoms with Crippen LogP contribution in [0.3, 0.4) is 0 Å².